The van der Waals surface area contributed by atoms with Crippen molar-refractivity contribution in [3.8, 4) is 0 Å². The smallest absolute Gasteiger partial charge is 0.341 e. The lowest BCUT2D eigenvalue weighted by molar-refractivity contribution is -0.134. The Hall–Kier alpha value is -1.19. The molecule has 11 heavy (non-hydrogen) atoms. The standard InChI is InChI=1S/C7H7N2O2/c10-7(11)6-4-2-1-3-5(4)8-9-6/h1-3H2,(H,10,11). The second kappa shape index (κ2) is 2.15. The summed E-state index contributed by atoms with van der Waals surface area (Å²) >= 11 is 0. The molecule has 1 heterocycles. The molecule has 0 aromatic heterocycles. The van der Waals surface area contributed by atoms with Crippen LogP contribution < -0.4 is 0 Å². The van der Waals surface area contributed by atoms with Gasteiger partial charge in [-0.25, -0.2) is 4.79 Å². The molecule has 0 aromatic carbocycles. The number of hydrogen-bond donors (Lipinski definition) is 1. The summed E-state index contributed by atoms with van der Waals surface area (Å²) in [4.78, 5) is 10.5. The van der Waals surface area contributed by atoms with E-state index in [0.29, 0.717) is 0 Å². The third-order valence-electron chi connectivity index (χ3n) is 1.95. The molecular weight excluding hydrogens is 144 g/mol. The van der Waals surface area contributed by atoms with Gasteiger partial charge in [-0.15, -0.1) is 0 Å². The SMILES string of the molecule is O=C(O)[C]1N=NC2=C1CCC2. The van der Waals surface area contributed by atoms with Gasteiger partial charge in [-0.2, -0.15) is 10.2 Å². The van der Waals surface area contributed by atoms with Gasteiger partial charge < -0.3 is 5.11 Å². The molecule has 0 saturated heterocycles. The summed E-state index contributed by atoms with van der Waals surface area (Å²) in [7, 11) is 0. The molecule has 2 aliphatic rings. The highest BCUT2D eigenvalue weighted by atomic mass is 16.4. The van der Waals surface area contributed by atoms with E-state index in [4.69, 9.17) is 5.11 Å². The van der Waals surface area contributed by atoms with E-state index in [9.17, 15) is 4.79 Å². The van der Waals surface area contributed by atoms with Crippen molar-refractivity contribution in [3.63, 3.8) is 0 Å². The van der Waals surface area contributed by atoms with Crippen LogP contribution in [0.4, 0.5) is 0 Å². The molecule has 1 aliphatic carbocycles. The average Bonchev–Trinajstić information content (AvgIpc) is 2.41. The van der Waals surface area contributed by atoms with Crippen LogP contribution >= 0.6 is 0 Å². The van der Waals surface area contributed by atoms with Gasteiger partial charge in [0.05, 0.1) is 5.70 Å². The molecule has 0 bridgehead atoms. The molecule has 0 fully saturated rings. The Kier molecular flexibility index (Phi) is 1.27. The largest absolute Gasteiger partial charge is 0.479 e. The molecule has 0 aromatic rings. The van der Waals surface area contributed by atoms with Crippen molar-refractivity contribution in [2.75, 3.05) is 0 Å². The Morgan fingerprint density at radius 2 is 2.18 bits per heavy atom. The summed E-state index contributed by atoms with van der Waals surface area (Å²) in [6.07, 6.45) is 2.72. The summed E-state index contributed by atoms with van der Waals surface area (Å²) in [6.45, 7) is 0. The van der Waals surface area contributed by atoms with Crippen molar-refractivity contribution in [1.29, 1.82) is 0 Å². The summed E-state index contributed by atoms with van der Waals surface area (Å²) in [5.74, 6) is -0.958. The zero-order valence-electron chi connectivity index (χ0n) is 5.87. The van der Waals surface area contributed by atoms with Crippen LogP contribution in [0.3, 0.4) is 0 Å². The van der Waals surface area contributed by atoms with Crippen molar-refractivity contribution >= 4 is 5.97 Å². The number of rotatable bonds is 1. The van der Waals surface area contributed by atoms with Crippen LogP contribution in [0, 0.1) is 6.04 Å². The van der Waals surface area contributed by atoms with Gasteiger partial charge in [0, 0.05) is 0 Å². The van der Waals surface area contributed by atoms with Crippen LogP contribution in [0.5, 0.6) is 0 Å². The number of azo groups is 1. The van der Waals surface area contributed by atoms with E-state index in [-0.39, 0.29) is 6.04 Å². The lowest BCUT2D eigenvalue weighted by Gasteiger charge is -1.99. The first kappa shape index (κ1) is 6.52. The lowest BCUT2D eigenvalue weighted by Crippen LogP contribution is -2.08. The van der Waals surface area contributed by atoms with E-state index in [1.807, 2.05) is 0 Å². The number of carboxylic acids is 1. The van der Waals surface area contributed by atoms with Crippen molar-refractivity contribution < 1.29 is 9.90 Å². The number of nitrogens with zero attached hydrogens (tertiary/aromatic N) is 2. The van der Waals surface area contributed by atoms with Crippen molar-refractivity contribution in [2.45, 2.75) is 19.3 Å². The van der Waals surface area contributed by atoms with Crippen LogP contribution in [-0.2, 0) is 4.79 Å². The van der Waals surface area contributed by atoms with Crippen molar-refractivity contribution in [2.24, 2.45) is 10.2 Å². The molecule has 4 heteroatoms. The summed E-state index contributed by atoms with van der Waals surface area (Å²) in [5, 5.41) is 16.0. The topological polar surface area (TPSA) is 62.0 Å². The predicted molar refractivity (Wildman–Crippen MR) is 36.6 cm³/mol. The number of carbonyl (C=O) groups is 1. The number of carboxylic acid groups (broad SMARTS) is 1. The number of aliphatic carboxylic acids is 1. The van der Waals surface area contributed by atoms with Crippen molar-refractivity contribution in [3.05, 3.63) is 17.3 Å². The van der Waals surface area contributed by atoms with Gasteiger partial charge >= 0.3 is 5.97 Å². The molecule has 0 unspecified atom stereocenters. The third-order valence-corrected chi connectivity index (χ3v) is 1.95. The molecule has 0 saturated carbocycles. The molecule has 1 N–H and O–H groups in total. The van der Waals surface area contributed by atoms with Gasteiger partial charge in [0.15, 0.2) is 0 Å². The molecule has 57 valence electrons. The highest BCUT2D eigenvalue weighted by Gasteiger charge is 2.33. The van der Waals surface area contributed by atoms with E-state index in [2.05, 4.69) is 10.2 Å². The average molecular weight is 151 g/mol. The monoisotopic (exact) mass is 151 g/mol. The van der Waals surface area contributed by atoms with Crippen molar-refractivity contribution in [1.82, 2.24) is 0 Å². The van der Waals surface area contributed by atoms with Crippen LogP contribution in [0.1, 0.15) is 19.3 Å². The Morgan fingerprint density at radius 3 is 2.91 bits per heavy atom. The van der Waals surface area contributed by atoms with E-state index < -0.39 is 5.97 Å². The highest BCUT2D eigenvalue weighted by Crippen LogP contribution is 2.39. The van der Waals surface area contributed by atoms with Gasteiger partial charge in [-0.3, -0.25) is 0 Å². The number of hydrogen-bond acceptors (Lipinski definition) is 3. The van der Waals surface area contributed by atoms with Gasteiger partial charge in [-0.1, -0.05) is 0 Å². The second-order valence-electron chi connectivity index (χ2n) is 2.63. The van der Waals surface area contributed by atoms with Crippen LogP contribution in [0.25, 0.3) is 0 Å². The molecule has 0 spiro atoms. The van der Waals surface area contributed by atoms with Gasteiger partial charge in [0.1, 0.15) is 0 Å². The fourth-order valence-electron chi connectivity index (χ4n) is 1.44. The Morgan fingerprint density at radius 1 is 1.36 bits per heavy atom. The highest BCUT2D eigenvalue weighted by molar-refractivity contribution is 5.88. The van der Waals surface area contributed by atoms with Crippen LogP contribution in [-0.4, -0.2) is 11.1 Å². The first-order valence-corrected chi connectivity index (χ1v) is 3.53. The maximum Gasteiger partial charge on any atom is 0.341 e. The quantitative estimate of drug-likeness (QED) is 0.617. The predicted octanol–water partition coefficient (Wildman–Crippen LogP) is 1.51. The lowest BCUT2D eigenvalue weighted by atomic mass is 10.1. The Balaban J connectivity index is 2.29. The zero-order chi connectivity index (χ0) is 7.84. The molecule has 0 atom stereocenters. The number of allylic oxidation sites excluding steroid dienone is 1. The summed E-state index contributed by atoms with van der Waals surface area (Å²) in [6, 6.07) is 0.150. The second-order valence-corrected chi connectivity index (χ2v) is 2.63. The maximum atomic E-state index is 10.5. The first-order valence-electron chi connectivity index (χ1n) is 3.53. The van der Waals surface area contributed by atoms with E-state index in [1.54, 1.807) is 0 Å². The molecule has 1 radical (unpaired) electrons. The molecule has 1 aliphatic heterocycles. The van der Waals surface area contributed by atoms with E-state index >= 15 is 0 Å². The molecule has 4 nitrogen and oxygen atoms in total. The van der Waals surface area contributed by atoms with E-state index in [1.165, 1.54) is 0 Å². The van der Waals surface area contributed by atoms with E-state index in [0.717, 1.165) is 30.5 Å². The Labute approximate surface area is 63.6 Å². The summed E-state index contributed by atoms with van der Waals surface area (Å²) in [5.41, 5.74) is 1.72. The minimum absolute atomic E-state index is 0.150. The summed E-state index contributed by atoms with van der Waals surface area (Å²) < 4.78 is 0. The third kappa shape index (κ3) is 0.859. The van der Waals surface area contributed by atoms with Gasteiger partial charge in [-0.05, 0) is 24.8 Å². The maximum absolute atomic E-state index is 10.5. The molecular formula is C7H7N2O2. The fourth-order valence-corrected chi connectivity index (χ4v) is 1.44. The van der Waals surface area contributed by atoms with Gasteiger partial charge in [0.2, 0.25) is 6.04 Å². The van der Waals surface area contributed by atoms with Crippen LogP contribution in [0.15, 0.2) is 21.5 Å². The normalized spacial score (nSPS) is 22.9. The Bertz CT molecular complexity index is 268. The minimum atomic E-state index is -0.958. The first-order chi connectivity index (χ1) is 5.29. The molecule has 2 rings (SSSR count). The van der Waals surface area contributed by atoms with Gasteiger partial charge in [0.25, 0.3) is 0 Å². The minimum Gasteiger partial charge on any atom is -0.479 e. The zero-order valence-corrected chi connectivity index (χ0v) is 5.87. The molecule has 0 amide bonds. The van der Waals surface area contributed by atoms with Crippen LogP contribution in [0.2, 0.25) is 0 Å². The fraction of sp³-hybridized carbons (Fsp3) is 0.429.